The minimum absolute atomic E-state index is 0.486. The van der Waals surface area contributed by atoms with Crippen LogP contribution in [0.3, 0.4) is 0 Å². The Labute approximate surface area is 103 Å². The van der Waals surface area contributed by atoms with E-state index in [0.717, 1.165) is 32.7 Å². The first-order valence-corrected chi connectivity index (χ1v) is 6.27. The van der Waals surface area contributed by atoms with Gasteiger partial charge in [0.05, 0.1) is 24.5 Å². The molecule has 1 aliphatic heterocycles. The van der Waals surface area contributed by atoms with E-state index in [4.69, 9.17) is 4.74 Å². The molecule has 1 saturated heterocycles. The van der Waals surface area contributed by atoms with Crippen LogP contribution in [-0.4, -0.2) is 37.8 Å². The highest BCUT2D eigenvalue weighted by molar-refractivity contribution is 5.52. The molecule has 1 N–H and O–H groups in total. The Morgan fingerprint density at radius 2 is 2.47 bits per heavy atom. The second kappa shape index (κ2) is 5.98. The molecule has 1 atom stereocenters. The topological polar surface area (TPSA) is 37.4 Å². The zero-order valence-electron chi connectivity index (χ0n) is 10.6. The summed E-state index contributed by atoms with van der Waals surface area (Å²) in [5.41, 5.74) is 2.51. The van der Waals surface area contributed by atoms with E-state index in [1.165, 1.54) is 11.3 Å². The third-order valence-electron chi connectivity index (χ3n) is 3.29. The van der Waals surface area contributed by atoms with Crippen LogP contribution in [0, 0.1) is 0 Å². The monoisotopic (exact) mass is 235 g/mol. The summed E-state index contributed by atoms with van der Waals surface area (Å²) in [6, 6.07) is 2.57. The average molecular weight is 235 g/mol. The van der Waals surface area contributed by atoms with Gasteiger partial charge in [0.25, 0.3) is 0 Å². The maximum Gasteiger partial charge on any atom is 0.0670 e. The van der Waals surface area contributed by atoms with E-state index in [1.807, 2.05) is 12.4 Å². The Kier molecular flexibility index (Phi) is 4.34. The molecule has 0 saturated carbocycles. The standard InChI is InChI=1S/C13H21N3O/c1-3-14-8-11-4-6-15-9-13(11)16(2)12-5-7-17-10-12/h4,6,9,12,14H,3,5,7-8,10H2,1-2H3. The van der Waals surface area contributed by atoms with Crippen molar-refractivity contribution < 1.29 is 4.74 Å². The fourth-order valence-electron chi connectivity index (χ4n) is 2.17. The summed E-state index contributed by atoms with van der Waals surface area (Å²) in [7, 11) is 2.13. The number of pyridine rings is 1. The molecule has 0 aliphatic carbocycles. The molecule has 0 spiro atoms. The van der Waals surface area contributed by atoms with Crippen LogP contribution in [0.4, 0.5) is 5.69 Å². The predicted octanol–water partition coefficient (Wildman–Crippen LogP) is 1.42. The van der Waals surface area contributed by atoms with Gasteiger partial charge in [-0.1, -0.05) is 6.92 Å². The summed E-state index contributed by atoms with van der Waals surface area (Å²) in [4.78, 5) is 6.53. The Hall–Kier alpha value is -1.13. The van der Waals surface area contributed by atoms with E-state index in [-0.39, 0.29) is 0 Å². The van der Waals surface area contributed by atoms with E-state index in [0.29, 0.717) is 6.04 Å². The number of ether oxygens (including phenoxy) is 1. The van der Waals surface area contributed by atoms with Crippen molar-refractivity contribution >= 4 is 5.69 Å². The zero-order chi connectivity index (χ0) is 12.1. The minimum atomic E-state index is 0.486. The van der Waals surface area contributed by atoms with Crippen molar-refractivity contribution in [1.29, 1.82) is 0 Å². The van der Waals surface area contributed by atoms with Gasteiger partial charge in [0.1, 0.15) is 0 Å². The van der Waals surface area contributed by atoms with Crippen LogP contribution < -0.4 is 10.2 Å². The molecule has 1 aromatic heterocycles. The number of anilines is 1. The quantitative estimate of drug-likeness (QED) is 0.837. The Bertz CT molecular complexity index is 350. The number of aromatic nitrogens is 1. The van der Waals surface area contributed by atoms with E-state index < -0.39 is 0 Å². The molecule has 2 heterocycles. The van der Waals surface area contributed by atoms with Crippen LogP contribution in [0.5, 0.6) is 0 Å². The van der Waals surface area contributed by atoms with Gasteiger partial charge in [-0.2, -0.15) is 0 Å². The molecule has 2 rings (SSSR count). The third-order valence-corrected chi connectivity index (χ3v) is 3.29. The lowest BCUT2D eigenvalue weighted by molar-refractivity contribution is 0.193. The van der Waals surface area contributed by atoms with Crippen LogP contribution >= 0.6 is 0 Å². The molecule has 4 heteroatoms. The highest BCUT2D eigenvalue weighted by Gasteiger charge is 2.22. The van der Waals surface area contributed by atoms with Gasteiger partial charge in [-0.25, -0.2) is 0 Å². The van der Waals surface area contributed by atoms with Gasteiger partial charge in [0.2, 0.25) is 0 Å². The van der Waals surface area contributed by atoms with E-state index in [2.05, 4.69) is 35.2 Å². The van der Waals surface area contributed by atoms with Crippen LogP contribution in [0.25, 0.3) is 0 Å². The summed E-state index contributed by atoms with van der Waals surface area (Å²) in [5.74, 6) is 0. The molecular weight excluding hydrogens is 214 g/mol. The first-order valence-electron chi connectivity index (χ1n) is 6.27. The molecule has 1 unspecified atom stereocenters. The maximum absolute atomic E-state index is 5.44. The summed E-state index contributed by atoms with van der Waals surface area (Å²) in [6.07, 6.45) is 4.91. The van der Waals surface area contributed by atoms with Crippen molar-refractivity contribution in [3.8, 4) is 0 Å². The van der Waals surface area contributed by atoms with Crippen molar-refractivity contribution in [2.45, 2.75) is 25.9 Å². The fraction of sp³-hybridized carbons (Fsp3) is 0.615. The van der Waals surface area contributed by atoms with E-state index in [9.17, 15) is 0 Å². The van der Waals surface area contributed by atoms with Gasteiger partial charge in [-0.15, -0.1) is 0 Å². The number of likely N-dealkylation sites (N-methyl/N-ethyl adjacent to an activating group) is 1. The lowest BCUT2D eigenvalue weighted by Crippen LogP contribution is -2.33. The number of hydrogen-bond donors (Lipinski definition) is 1. The third kappa shape index (κ3) is 2.96. The average Bonchev–Trinajstić information content (AvgIpc) is 2.89. The highest BCUT2D eigenvalue weighted by Crippen LogP contribution is 2.23. The predicted molar refractivity (Wildman–Crippen MR) is 69.2 cm³/mol. The second-order valence-corrected chi connectivity index (χ2v) is 4.41. The highest BCUT2D eigenvalue weighted by atomic mass is 16.5. The van der Waals surface area contributed by atoms with Gasteiger partial charge >= 0.3 is 0 Å². The van der Waals surface area contributed by atoms with Gasteiger partial charge in [0, 0.05) is 26.4 Å². The van der Waals surface area contributed by atoms with Crippen LogP contribution in [0.2, 0.25) is 0 Å². The summed E-state index contributed by atoms with van der Waals surface area (Å²) >= 11 is 0. The van der Waals surface area contributed by atoms with Crippen molar-refractivity contribution in [1.82, 2.24) is 10.3 Å². The first-order chi connectivity index (χ1) is 8.33. The number of nitrogens with zero attached hydrogens (tertiary/aromatic N) is 2. The largest absolute Gasteiger partial charge is 0.379 e. The van der Waals surface area contributed by atoms with Crippen molar-refractivity contribution in [3.63, 3.8) is 0 Å². The lowest BCUT2D eigenvalue weighted by Gasteiger charge is -2.27. The van der Waals surface area contributed by atoms with Crippen LogP contribution in [0.15, 0.2) is 18.5 Å². The Morgan fingerprint density at radius 1 is 1.59 bits per heavy atom. The summed E-state index contributed by atoms with van der Waals surface area (Å²) in [6.45, 7) is 5.70. The fourth-order valence-corrected chi connectivity index (χ4v) is 2.17. The summed E-state index contributed by atoms with van der Waals surface area (Å²) < 4.78 is 5.44. The van der Waals surface area contributed by atoms with Gasteiger partial charge in [-0.05, 0) is 24.6 Å². The minimum Gasteiger partial charge on any atom is -0.379 e. The van der Waals surface area contributed by atoms with Crippen LogP contribution in [-0.2, 0) is 11.3 Å². The maximum atomic E-state index is 5.44. The van der Waals surface area contributed by atoms with Crippen molar-refractivity contribution in [2.75, 3.05) is 31.7 Å². The first kappa shape index (κ1) is 12.3. The van der Waals surface area contributed by atoms with E-state index >= 15 is 0 Å². The van der Waals surface area contributed by atoms with E-state index in [1.54, 1.807) is 0 Å². The molecule has 0 aromatic carbocycles. The van der Waals surface area contributed by atoms with Gasteiger partial charge in [0.15, 0.2) is 0 Å². The molecule has 1 aliphatic rings. The molecule has 0 radical (unpaired) electrons. The summed E-state index contributed by atoms with van der Waals surface area (Å²) in [5, 5.41) is 3.36. The van der Waals surface area contributed by atoms with Gasteiger partial charge < -0.3 is 15.0 Å². The molecule has 17 heavy (non-hydrogen) atoms. The molecular formula is C13H21N3O. The molecule has 4 nitrogen and oxygen atoms in total. The van der Waals surface area contributed by atoms with Gasteiger partial charge in [-0.3, -0.25) is 4.98 Å². The Morgan fingerprint density at radius 3 is 3.18 bits per heavy atom. The molecule has 1 aromatic rings. The zero-order valence-corrected chi connectivity index (χ0v) is 10.6. The molecule has 94 valence electrons. The normalized spacial score (nSPS) is 19.5. The van der Waals surface area contributed by atoms with Crippen molar-refractivity contribution in [3.05, 3.63) is 24.0 Å². The number of rotatable bonds is 5. The van der Waals surface area contributed by atoms with Crippen LogP contribution in [0.1, 0.15) is 18.9 Å². The number of nitrogens with one attached hydrogen (secondary N) is 1. The SMILES string of the molecule is CCNCc1ccncc1N(C)C1CCOC1. The second-order valence-electron chi connectivity index (χ2n) is 4.41. The smallest absolute Gasteiger partial charge is 0.0670 e. The van der Waals surface area contributed by atoms with Crippen molar-refractivity contribution in [2.24, 2.45) is 0 Å². The molecule has 1 fully saturated rings. The molecule has 0 bridgehead atoms. The molecule has 0 amide bonds. The number of hydrogen-bond acceptors (Lipinski definition) is 4. The lowest BCUT2D eigenvalue weighted by atomic mass is 10.1. The Balaban J connectivity index is 2.12.